The van der Waals surface area contributed by atoms with Crippen LogP contribution in [-0.2, 0) is 6.42 Å². The van der Waals surface area contributed by atoms with Gasteiger partial charge in [-0.1, -0.05) is 56.2 Å². The minimum atomic E-state index is -2.84. The minimum absolute atomic E-state index is 0.113. The summed E-state index contributed by atoms with van der Waals surface area (Å²) < 4.78 is 44.9. The van der Waals surface area contributed by atoms with Gasteiger partial charge in [0.05, 0.1) is 12.2 Å². The average molecular weight is 390 g/mol. The third kappa shape index (κ3) is 5.30. The molecule has 0 atom stereocenters. The maximum absolute atomic E-state index is 14.0. The fourth-order valence-corrected chi connectivity index (χ4v) is 4.24. The van der Waals surface area contributed by atoms with Crippen molar-refractivity contribution in [2.45, 2.75) is 64.2 Å². The summed E-state index contributed by atoms with van der Waals surface area (Å²) in [4.78, 5) is 0. The predicted octanol–water partition coefficient (Wildman–Crippen LogP) is 7.46. The molecule has 2 aromatic rings. The van der Waals surface area contributed by atoms with E-state index in [-0.39, 0.29) is 12.4 Å². The van der Waals surface area contributed by atoms with E-state index in [4.69, 9.17) is 4.74 Å². The smallest absolute Gasteiger partial charge is 0.266 e. The predicted molar refractivity (Wildman–Crippen MR) is 107 cm³/mol. The highest BCUT2D eigenvalue weighted by Crippen LogP contribution is 2.37. The highest BCUT2D eigenvalue weighted by Gasteiger charge is 2.21. The largest absolute Gasteiger partial charge is 0.490 e. The molecule has 28 heavy (non-hydrogen) atoms. The van der Waals surface area contributed by atoms with E-state index in [1.54, 1.807) is 0 Å². The number of hydrogen-bond acceptors (Lipinski definition) is 1. The fraction of sp³-hybridized carbons (Fsp3) is 0.500. The first-order valence-electron chi connectivity index (χ1n) is 10.4. The van der Waals surface area contributed by atoms with E-state index in [0.29, 0.717) is 12.3 Å². The van der Waals surface area contributed by atoms with Crippen LogP contribution < -0.4 is 4.74 Å². The van der Waals surface area contributed by atoms with Gasteiger partial charge in [-0.05, 0) is 54.7 Å². The van der Waals surface area contributed by atoms with Gasteiger partial charge >= 0.3 is 0 Å². The summed E-state index contributed by atoms with van der Waals surface area (Å²) >= 11 is 0. The van der Waals surface area contributed by atoms with E-state index in [9.17, 15) is 13.2 Å². The van der Waals surface area contributed by atoms with Crippen LogP contribution >= 0.6 is 0 Å². The minimum Gasteiger partial charge on any atom is -0.490 e. The van der Waals surface area contributed by atoms with E-state index < -0.39 is 17.8 Å². The first-order chi connectivity index (χ1) is 13.6. The Morgan fingerprint density at radius 1 is 1.00 bits per heavy atom. The molecule has 0 saturated heterocycles. The van der Waals surface area contributed by atoms with E-state index in [2.05, 4.69) is 31.2 Å². The molecule has 0 amide bonds. The standard InChI is InChI=1S/C24H29F3O/c1-2-4-17-7-11-19(12-8-17)20-13-9-18(10-14-20)15-16-28-22-6-3-5-21(23(22)25)24(26)27/h3,5-6,9-10,13-14,17,19,24H,2,4,7-8,11-12,15-16H2,1H3. The van der Waals surface area contributed by atoms with Crippen molar-refractivity contribution in [3.8, 4) is 5.75 Å². The SMILES string of the molecule is CCCC1CCC(c2ccc(CCOc3cccc(C(F)F)c3F)cc2)CC1. The summed E-state index contributed by atoms with van der Waals surface area (Å²) in [6.45, 7) is 2.52. The summed E-state index contributed by atoms with van der Waals surface area (Å²) in [5, 5.41) is 0. The molecule has 1 nitrogen and oxygen atoms in total. The molecule has 1 fully saturated rings. The molecule has 0 spiro atoms. The van der Waals surface area contributed by atoms with Crippen LogP contribution in [0.4, 0.5) is 13.2 Å². The van der Waals surface area contributed by atoms with Crippen molar-refractivity contribution in [3.05, 3.63) is 65.0 Å². The lowest BCUT2D eigenvalue weighted by atomic mass is 9.77. The van der Waals surface area contributed by atoms with Crippen molar-refractivity contribution in [1.29, 1.82) is 0 Å². The van der Waals surface area contributed by atoms with Crippen LogP contribution in [-0.4, -0.2) is 6.61 Å². The highest BCUT2D eigenvalue weighted by molar-refractivity contribution is 5.32. The van der Waals surface area contributed by atoms with Gasteiger partial charge in [-0.2, -0.15) is 0 Å². The zero-order valence-electron chi connectivity index (χ0n) is 16.5. The summed E-state index contributed by atoms with van der Waals surface area (Å²) in [6.07, 6.45) is 5.61. The molecule has 3 rings (SSSR count). The third-order valence-electron chi connectivity index (χ3n) is 5.87. The maximum Gasteiger partial charge on any atom is 0.266 e. The molecule has 1 aliphatic carbocycles. The lowest BCUT2D eigenvalue weighted by Crippen LogP contribution is -2.13. The van der Waals surface area contributed by atoms with Crippen molar-refractivity contribution < 1.29 is 17.9 Å². The van der Waals surface area contributed by atoms with Gasteiger partial charge in [0.1, 0.15) is 0 Å². The lowest BCUT2D eigenvalue weighted by Gasteiger charge is -2.28. The molecule has 2 aromatic carbocycles. The highest BCUT2D eigenvalue weighted by atomic mass is 19.3. The summed E-state index contributed by atoms with van der Waals surface area (Å²) in [5.74, 6) is 0.482. The van der Waals surface area contributed by atoms with E-state index in [1.165, 1.54) is 56.2 Å². The Bertz CT molecular complexity index is 734. The molecular weight excluding hydrogens is 361 g/mol. The van der Waals surface area contributed by atoms with Crippen LogP contribution in [0.15, 0.2) is 42.5 Å². The molecule has 0 heterocycles. The van der Waals surface area contributed by atoms with E-state index >= 15 is 0 Å². The first kappa shape index (κ1) is 20.8. The molecule has 152 valence electrons. The van der Waals surface area contributed by atoms with Gasteiger partial charge in [0.2, 0.25) is 0 Å². The van der Waals surface area contributed by atoms with Crippen molar-refractivity contribution in [2.24, 2.45) is 5.92 Å². The van der Waals surface area contributed by atoms with Crippen molar-refractivity contribution in [2.75, 3.05) is 6.61 Å². The molecule has 0 N–H and O–H groups in total. The van der Waals surface area contributed by atoms with Gasteiger partial charge in [-0.15, -0.1) is 0 Å². The van der Waals surface area contributed by atoms with Gasteiger partial charge in [0.25, 0.3) is 6.43 Å². The van der Waals surface area contributed by atoms with Crippen LogP contribution in [0.5, 0.6) is 5.75 Å². The molecule has 4 heteroatoms. The Morgan fingerprint density at radius 2 is 1.71 bits per heavy atom. The van der Waals surface area contributed by atoms with Gasteiger partial charge < -0.3 is 4.74 Å². The molecule has 0 aliphatic heterocycles. The molecule has 1 saturated carbocycles. The van der Waals surface area contributed by atoms with E-state index in [1.807, 2.05) is 0 Å². The quantitative estimate of drug-likeness (QED) is 0.454. The Morgan fingerprint density at radius 3 is 2.36 bits per heavy atom. The second-order valence-electron chi connectivity index (χ2n) is 7.81. The third-order valence-corrected chi connectivity index (χ3v) is 5.87. The number of hydrogen-bond donors (Lipinski definition) is 0. The van der Waals surface area contributed by atoms with Crippen LogP contribution in [0.1, 0.15) is 74.5 Å². The summed E-state index contributed by atoms with van der Waals surface area (Å²) in [6, 6.07) is 12.5. The van der Waals surface area contributed by atoms with Crippen molar-refractivity contribution >= 4 is 0 Å². The average Bonchev–Trinajstić information content (AvgIpc) is 2.70. The number of ether oxygens (including phenoxy) is 1. The van der Waals surface area contributed by atoms with Crippen LogP contribution in [0.2, 0.25) is 0 Å². The van der Waals surface area contributed by atoms with Crippen molar-refractivity contribution in [1.82, 2.24) is 0 Å². The number of rotatable bonds is 8. The fourth-order valence-electron chi connectivity index (χ4n) is 4.24. The second kappa shape index (κ2) is 9.99. The molecular formula is C24H29F3O. The zero-order valence-corrected chi connectivity index (χ0v) is 16.5. The van der Waals surface area contributed by atoms with Crippen LogP contribution in [0.25, 0.3) is 0 Å². The normalized spacial score (nSPS) is 19.8. The lowest BCUT2D eigenvalue weighted by molar-refractivity contribution is 0.145. The van der Waals surface area contributed by atoms with Crippen LogP contribution in [0.3, 0.4) is 0 Å². The van der Waals surface area contributed by atoms with Crippen molar-refractivity contribution in [3.63, 3.8) is 0 Å². The number of alkyl halides is 2. The molecule has 0 bridgehead atoms. The van der Waals surface area contributed by atoms with Gasteiger partial charge in [0.15, 0.2) is 11.6 Å². The van der Waals surface area contributed by atoms with Gasteiger partial charge in [0, 0.05) is 6.42 Å². The Hall–Kier alpha value is -1.97. The summed E-state index contributed by atoms with van der Waals surface area (Å²) in [5.41, 5.74) is 1.89. The molecule has 1 aliphatic rings. The first-order valence-corrected chi connectivity index (χ1v) is 10.4. The van der Waals surface area contributed by atoms with E-state index in [0.717, 1.165) is 17.5 Å². The summed E-state index contributed by atoms with van der Waals surface area (Å²) in [7, 11) is 0. The maximum atomic E-state index is 14.0. The monoisotopic (exact) mass is 390 g/mol. The Labute approximate surface area is 165 Å². The zero-order chi connectivity index (χ0) is 19.9. The Kier molecular flexibility index (Phi) is 7.41. The number of halogens is 3. The Balaban J connectivity index is 1.50. The molecule has 0 unspecified atom stereocenters. The number of benzene rings is 2. The second-order valence-corrected chi connectivity index (χ2v) is 7.81. The molecule has 0 radical (unpaired) electrons. The molecule has 0 aromatic heterocycles. The van der Waals surface area contributed by atoms with Crippen LogP contribution in [0, 0.1) is 11.7 Å². The van der Waals surface area contributed by atoms with Gasteiger partial charge in [-0.3, -0.25) is 0 Å². The van der Waals surface area contributed by atoms with Gasteiger partial charge in [-0.25, -0.2) is 13.2 Å². The topological polar surface area (TPSA) is 9.23 Å².